The molecule has 2 aliphatic rings. The maximum absolute atomic E-state index is 11.4. The van der Waals surface area contributed by atoms with Gasteiger partial charge < -0.3 is 15.0 Å². The van der Waals surface area contributed by atoms with Crippen molar-refractivity contribution in [3.63, 3.8) is 0 Å². The minimum Gasteiger partial charge on any atom is -0.378 e. The Balaban J connectivity index is 1.81. The number of nitrogens with zero attached hydrogens (tertiary/aromatic N) is 1. The highest BCUT2D eigenvalue weighted by molar-refractivity contribution is 7.98. The van der Waals surface area contributed by atoms with Crippen LogP contribution < -0.4 is 5.32 Å². The Morgan fingerprint density at radius 3 is 2.75 bits per heavy atom. The van der Waals surface area contributed by atoms with Crippen LogP contribution in [0.4, 0.5) is 0 Å². The summed E-state index contributed by atoms with van der Waals surface area (Å²) < 4.78 is 26.0. The van der Waals surface area contributed by atoms with E-state index in [1.807, 2.05) is 0 Å². The lowest BCUT2D eigenvalue weighted by Crippen LogP contribution is -2.49. The van der Waals surface area contributed by atoms with E-state index in [-0.39, 0.29) is 6.04 Å². The van der Waals surface area contributed by atoms with Gasteiger partial charge in [0.2, 0.25) is 10.2 Å². The summed E-state index contributed by atoms with van der Waals surface area (Å²) >= 11 is 5.27. The summed E-state index contributed by atoms with van der Waals surface area (Å²) in [4.78, 5) is 2.05. The van der Waals surface area contributed by atoms with E-state index >= 15 is 0 Å². The van der Waals surface area contributed by atoms with Crippen LogP contribution in [0.1, 0.15) is 6.42 Å². The summed E-state index contributed by atoms with van der Waals surface area (Å²) in [6.45, 7) is 2.99. The lowest BCUT2D eigenvalue weighted by Gasteiger charge is -2.30. The molecule has 2 N–H and O–H groups in total. The summed E-state index contributed by atoms with van der Waals surface area (Å²) in [7, 11) is -2.59. The molecule has 0 aromatic rings. The average molecular weight is 265 g/mol. The second-order valence-corrected chi connectivity index (χ2v) is 6.85. The molecule has 16 heavy (non-hydrogen) atoms. The minimum atomic E-state index is -2.59. The van der Waals surface area contributed by atoms with Gasteiger partial charge in [-0.2, -0.15) is 4.55 Å². The van der Waals surface area contributed by atoms with Crippen molar-refractivity contribution < 1.29 is 13.5 Å². The van der Waals surface area contributed by atoms with E-state index < -0.39 is 10.2 Å². The fourth-order valence-electron chi connectivity index (χ4n) is 1.95. The molecular formula is C9H17N2O3S2+. The number of hydrogen-bond donors (Lipinski definition) is 2. The molecule has 0 amide bonds. The molecule has 0 aromatic carbocycles. The van der Waals surface area contributed by atoms with Crippen LogP contribution in [0.25, 0.3) is 0 Å². The zero-order valence-electron chi connectivity index (χ0n) is 9.05. The summed E-state index contributed by atoms with van der Waals surface area (Å²) in [5.74, 6) is 0.702. The number of ether oxygens (including phenoxy) is 1. The first kappa shape index (κ1) is 12.2. The van der Waals surface area contributed by atoms with E-state index in [2.05, 4.69) is 10.2 Å². The monoisotopic (exact) mass is 265 g/mol. The normalized spacial score (nSPS) is 35.1. The van der Waals surface area contributed by atoms with Gasteiger partial charge in [-0.25, -0.2) is 0 Å². The molecule has 0 saturated carbocycles. The van der Waals surface area contributed by atoms with Crippen LogP contribution in [-0.2, 0) is 19.2 Å². The molecule has 0 spiro atoms. The van der Waals surface area contributed by atoms with Gasteiger partial charge in [0.05, 0.1) is 19.3 Å². The summed E-state index contributed by atoms with van der Waals surface area (Å²) in [5, 5.41) is 3.85. The van der Waals surface area contributed by atoms with Crippen LogP contribution in [0.5, 0.6) is 0 Å². The van der Waals surface area contributed by atoms with Crippen molar-refractivity contribution in [1.29, 1.82) is 0 Å². The van der Waals surface area contributed by atoms with Crippen LogP contribution in [0.3, 0.4) is 0 Å². The number of nitrogens with one attached hydrogen (secondary N) is 1. The Hall–Kier alpha value is -0.240. The van der Waals surface area contributed by atoms with Gasteiger partial charge in [0.15, 0.2) is 10.9 Å². The van der Waals surface area contributed by atoms with Crippen molar-refractivity contribution in [2.45, 2.75) is 12.5 Å². The molecule has 0 radical (unpaired) electrons. The number of rotatable bonds is 1. The van der Waals surface area contributed by atoms with Gasteiger partial charge in [-0.15, -0.1) is 0 Å². The van der Waals surface area contributed by atoms with Crippen LogP contribution in [0, 0.1) is 0 Å². The fraction of sp³-hybridized carbons (Fsp3) is 0.889. The van der Waals surface area contributed by atoms with Crippen molar-refractivity contribution in [3.05, 3.63) is 0 Å². The van der Waals surface area contributed by atoms with Gasteiger partial charge in [-0.1, -0.05) is 4.21 Å². The Morgan fingerprint density at radius 2 is 2.19 bits per heavy atom. The lowest BCUT2D eigenvalue weighted by atomic mass is 10.3. The summed E-state index contributed by atoms with van der Waals surface area (Å²) in [6, 6.07) is 0.0489. The predicted octanol–water partition coefficient (Wildman–Crippen LogP) is -0.0621. The molecule has 0 aromatic heterocycles. The molecule has 2 fully saturated rings. The van der Waals surface area contributed by atoms with Gasteiger partial charge in [0.1, 0.15) is 5.75 Å². The van der Waals surface area contributed by atoms with Gasteiger partial charge in [0, 0.05) is 19.5 Å². The first-order valence-electron chi connectivity index (χ1n) is 5.42. The number of hydrogen-bond acceptors (Lipinski definition) is 3. The van der Waals surface area contributed by atoms with Crippen LogP contribution in [0.2, 0.25) is 0 Å². The highest BCUT2D eigenvalue weighted by Crippen LogP contribution is 2.16. The minimum absolute atomic E-state index is 0.0489. The maximum Gasteiger partial charge on any atom is 0.216 e. The SMILES string of the molecule is O=[S+]1(O)CC[C@H](NC(=S)N2CCOCC2)C1. The zero-order chi connectivity index (χ0) is 11.6. The van der Waals surface area contributed by atoms with E-state index in [0.717, 1.165) is 19.5 Å². The van der Waals surface area contributed by atoms with Crippen molar-refractivity contribution in [2.75, 3.05) is 37.8 Å². The topological polar surface area (TPSA) is 61.8 Å². The van der Waals surface area contributed by atoms with E-state index in [0.29, 0.717) is 29.8 Å². The van der Waals surface area contributed by atoms with Crippen molar-refractivity contribution >= 4 is 27.5 Å². The van der Waals surface area contributed by atoms with E-state index in [4.69, 9.17) is 17.0 Å². The van der Waals surface area contributed by atoms with E-state index in [1.54, 1.807) is 0 Å². The van der Waals surface area contributed by atoms with E-state index in [1.165, 1.54) is 0 Å². The van der Waals surface area contributed by atoms with Crippen molar-refractivity contribution in [3.8, 4) is 0 Å². The Bertz CT molecular complexity index is 318. The molecule has 0 bridgehead atoms. The first-order chi connectivity index (χ1) is 7.57. The molecule has 0 aliphatic carbocycles. The second-order valence-electron chi connectivity index (χ2n) is 4.18. The van der Waals surface area contributed by atoms with Gasteiger partial charge >= 0.3 is 0 Å². The van der Waals surface area contributed by atoms with E-state index in [9.17, 15) is 8.76 Å². The molecule has 7 heteroatoms. The Kier molecular flexibility index (Phi) is 3.78. The van der Waals surface area contributed by atoms with Gasteiger partial charge in [-0.3, -0.25) is 0 Å². The second kappa shape index (κ2) is 4.95. The summed E-state index contributed by atoms with van der Waals surface area (Å²) in [5.41, 5.74) is 0. The summed E-state index contributed by atoms with van der Waals surface area (Å²) in [6.07, 6.45) is 0.722. The predicted molar refractivity (Wildman–Crippen MR) is 66.9 cm³/mol. The molecule has 2 aliphatic heterocycles. The highest BCUT2D eigenvalue weighted by atomic mass is 32.3. The Labute approximate surface area is 102 Å². The third kappa shape index (κ3) is 3.13. The van der Waals surface area contributed by atoms with Gasteiger partial charge in [0.25, 0.3) is 0 Å². The molecule has 2 atom stereocenters. The third-order valence-corrected chi connectivity index (χ3v) is 5.05. The largest absolute Gasteiger partial charge is 0.378 e. The van der Waals surface area contributed by atoms with Crippen LogP contribution >= 0.6 is 12.2 Å². The first-order valence-corrected chi connectivity index (χ1v) is 7.68. The number of morpholine rings is 1. The quantitative estimate of drug-likeness (QED) is 0.511. The molecule has 92 valence electrons. The molecule has 5 nitrogen and oxygen atoms in total. The molecular weight excluding hydrogens is 248 g/mol. The smallest absolute Gasteiger partial charge is 0.216 e. The molecule has 2 saturated heterocycles. The standard InChI is InChI=1S/C9H16N2O3S2/c12-16(13)6-1-8(7-16)10-9(15)11-2-4-14-5-3-11/h8H,1-7H2,(H-,10,12,13,15)/p+1/t8-/m0/s1. The highest BCUT2D eigenvalue weighted by Gasteiger charge is 2.39. The van der Waals surface area contributed by atoms with Gasteiger partial charge in [-0.05, 0) is 12.2 Å². The third-order valence-electron chi connectivity index (χ3n) is 2.87. The van der Waals surface area contributed by atoms with Crippen molar-refractivity contribution in [1.82, 2.24) is 10.2 Å². The average Bonchev–Trinajstić information content (AvgIpc) is 2.59. The van der Waals surface area contributed by atoms with Crippen LogP contribution in [-0.4, -0.2) is 58.4 Å². The lowest BCUT2D eigenvalue weighted by molar-refractivity contribution is 0.0674. The fourth-order valence-corrected chi connectivity index (χ4v) is 4.00. The molecule has 2 rings (SSSR count). The maximum atomic E-state index is 11.4. The van der Waals surface area contributed by atoms with Crippen LogP contribution in [0.15, 0.2) is 0 Å². The van der Waals surface area contributed by atoms with Crippen molar-refractivity contribution in [2.24, 2.45) is 0 Å². The molecule has 2 heterocycles. The molecule has 1 unspecified atom stereocenters. The number of thiocarbonyl (C=S) groups is 1. The zero-order valence-corrected chi connectivity index (χ0v) is 10.7. The Morgan fingerprint density at radius 1 is 1.50 bits per heavy atom.